The van der Waals surface area contributed by atoms with Crippen molar-refractivity contribution in [2.24, 2.45) is 0 Å². The van der Waals surface area contributed by atoms with Gasteiger partial charge in [-0.25, -0.2) is 18.4 Å². The molecule has 28 heavy (non-hydrogen) atoms. The summed E-state index contributed by atoms with van der Waals surface area (Å²) in [6.45, 7) is 1.72. The SMILES string of the molecule is CCS(=O)(=O)Nc1cc(Cl)cc(CNC(=O)c2c[nH]c(-c3ncccn3)c2)c1. The Morgan fingerprint density at radius 3 is 2.64 bits per heavy atom. The fourth-order valence-corrected chi connectivity index (χ4v) is 3.32. The summed E-state index contributed by atoms with van der Waals surface area (Å²) in [7, 11) is -3.42. The molecule has 146 valence electrons. The molecular weight excluding hydrogens is 402 g/mol. The minimum absolute atomic E-state index is 0.0491. The number of benzene rings is 1. The number of carbonyl (C=O) groups excluding carboxylic acids is 1. The minimum atomic E-state index is -3.42. The lowest BCUT2D eigenvalue weighted by molar-refractivity contribution is 0.0951. The summed E-state index contributed by atoms with van der Waals surface area (Å²) >= 11 is 6.06. The van der Waals surface area contributed by atoms with E-state index in [0.29, 0.717) is 33.4 Å². The first kappa shape index (κ1) is 19.8. The Hall–Kier alpha value is -2.91. The van der Waals surface area contributed by atoms with E-state index in [4.69, 9.17) is 11.6 Å². The molecule has 0 unspecified atom stereocenters. The monoisotopic (exact) mass is 419 g/mol. The van der Waals surface area contributed by atoms with Crippen LogP contribution in [-0.2, 0) is 16.6 Å². The zero-order chi connectivity index (χ0) is 20.1. The molecule has 8 nitrogen and oxygen atoms in total. The maximum Gasteiger partial charge on any atom is 0.253 e. The zero-order valence-corrected chi connectivity index (χ0v) is 16.5. The lowest BCUT2D eigenvalue weighted by Crippen LogP contribution is -2.22. The number of hydrogen-bond acceptors (Lipinski definition) is 5. The van der Waals surface area contributed by atoms with Gasteiger partial charge in [0.2, 0.25) is 10.0 Å². The van der Waals surface area contributed by atoms with E-state index in [9.17, 15) is 13.2 Å². The van der Waals surface area contributed by atoms with E-state index in [-0.39, 0.29) is 18.2 Å². The van der Waals surface area contributed by atoms with Crippen molar-refractivity contribution in [2.45, 2.75) is 13.5 Å². The molecule has 0 fully saturated rings. The molecule has 0 saturated carbocycles. The molecule has 3 N–H and O–H groups in total. The van der Waals surface area contributed by atoms with Gasteiger partial charge < -0.3 is 10.3 Å². The second kappa shape index (κ2) is 8.41. The Kier molecular flexibility index (Phi) is 5.96. The van der Waals surface area contributed by atoms with Crippen molar-refractivity contribution in [3.8, 4) is 11.5 Å². The number of rotatable bonds is 7. The summed E-state index contributed by atoms with van der Waals surface area (Å²) in [5.41, 5.74) is 2.07. The summed E-state index contributed by atoms with van der Waals surface area (Å²) in [4.78, 5) is 23.6. The van der Waals surface area contributed by atoms with Crippen molar-refractivity contribution in [1.29, 1.82) is 0 Å². The molecule has 0 saturated heterocycles. The molecule has 3 rings (SSSR count). The predicted molar refractivity (Wildman–Crippen MR) is 108 cm³/mol. The van der Waals surface area contributed by atoms with Crippen LogP contribution in [0.1, 0.15) is 22.8 Å². The number of H-pyrrole nitrogens is 1. The average molecular weight is 420 g/mol. The number of nitrogens with one attached hydrogen (secondary N) is 3. The van der Waals surface area contributed by atoms with Crippen LogP contribution >= 0.6 is 11.6 Å². The molecule has 1 aromatic carbocycles. The Morgan fingerprint density at radius 1 is 1.18 bits per heavy atom. The lowest BCUT2D eigenvalue weighted by atomic mass is 10.2. The highest BCUT2D eigenvalue weighted by atomic mass is 35.5. The topological polar surface area (TPSA) is 117 Å². The molecule has 0 atom stereocenters. The molecule has 0 spiro atoms. The van der Waals surface area contributed by atoms with Crippen LogP contribution in [0.4, 0.5) is 5.69 Å². The van der Waals surface area contributed by atoms with E-state index in [0.717, 1.165) is 0 Å². The molecule has 1 amide bonds. The third-order valence-electron chi connectivity index (χ3n) is 3.82. The minimum Gasteiger partial charge on any atom is -0.358 e. The van der Waals surface area contributed by atoms with Crippen LogP contribution in [0.25, 0.3) is 11.5 Å². The van der Waals surface area contributed by atoms with Crippen molar-refractivity contribution in [3.63, 3.8) is 0 Å². The Morgan fingerprint density at radius 2 is 1.93 bits per heavy atom. The van der Waals surface area contributed by atoms with E-state index in [1.165, 1.54) is 6.07 Å². The number of aromatic amines is 1. The molecular formula is C18H18ClN5O3S. The summed E-state index contributed by atoms with van der Waals surface area (Å²) in [5.74, 6) is 0.144. The third-order valence-corrected chi connectivity index (χ3v) is 5.34. The van der Waals surface area contributed by atoms with E-state index in [1.807, 2.05) is 0 Å². The van der Waals surface area contributed by atoms with Crippen LogP contribution in [0.3, 0.4) is 0 Å². The van der Waals surface area contributed by atoms with Crippen molar-refractivity contribution in [2.75, 3.05) is 10.5 Å². The van der Waals surface area contributed by atoms with E-state index < -0.39 is 10.0 Å². The van der Waals surface area contributed by atoms with Gasteiger partial charge >= 0.3 is 0 Å². The molecule has 2 heterocycles. The van der Waals surface area contributed by atoms with Crippen molar-refractivity contribution in [3.05, 3.63) is 65.1 Å². The van der Waals surface area contributed by atoms with Crippen molar-refractivity contribution >= 4 is 33.2 Å². The molecule has 3 aromatic rings. The van der Waals surface area contributed by atoms with Gasteiger partial charge in [0.1, 0.15) is 0 Å². The van der Waals surface area contributed by atoms with Gasteiger partial charge in [-0.3, -0.25) is 9.52 Å². The van der Waals surface area contributed by atoms with Crippen LogP contribution in [0.15, 0.2) is 48.9 Å². The van der Waals surface area contributed by atoms with Gasteiger partial charge in [-0.1, -0.05) is 11.6 Å². The molecule has 0 bridgehead atoms. The fraction of sp³-hybridized carbons (Fsp3) is 0.167. The first-order valence-corrected chi connectivity index (χ1v) is 10.4. The third kappa shape index (κ3) is 5.08. The summed E-state index contributed by atoms with van der Waals surface area (Å²) < 4.78 is 25.9. The number of carbonyl (C=O) groups is 1. The standard InChI is InChI=1S/C18H18ClN5O3S/c1-2-28(26,27)24-15-7-12(6-14(19)9-15)10-23-18(25)13-8-16(22-11-13)17-20-4-3-5-21-17/h3-9,11,22,24H,2,10H2,1H3,(H,23,25). The van der Waals surface area contributed by atoms with E-state index in [1.54, 1.807) is 49.8 Å². The quantitative estimate of drug-likeness (QED) is 0.544. The number of hydrogen-bond donors (Lipinski definition) is 3. The molecule has 0 radical (unpaired) electrons. The van der Waals surface area contributed by atoms with Gasteiger partial charge in [-0.05, 0) is 42.8 Å². The maximum absolute atomic E-state index is 12.4. The number of sulfonamides is 1. The van der Waals surface area contributed by atoms with Gasteiger partial charge in [-0.15, -0.1) is 0 Å². The van der Waals surface area contributed by atoms with Crippen LogP contribution in [0.2, 0.25) is 5.02 Å². The summed E-state index contributed by atoms with van der Waals surface area (Å²) in [5, 5.41) is 3.14. The van der Waals surface area contributed by atoms with Gasteiger partial charge in [0.15, 0.2) is 5.82 Å². The highest BCUT2D eigenvalue weighted by molar-refractivity contribution is 7.92. The largest absolute Gasteiger partial charge is 0.358 e. The fourth-order valence-electron chi connectivity index (χ4n) is 2.44. The second-order valence-corrected chi connectivity index (χ2v) is 8.36. The highest BCUT2D eigenvalue weighted by Crippen LogP contribution is 2.20. The highest BCUT2D eigenvalue weighted by Gasteiger charge is 2.12. The summed E-state index contributed by atoms with van der Waals surface area (Å²) in [6.07, 6.45) is 4.80. The second-order valence-electron chi connectivity index (χ2n) is 5.91. The van der Waals surface area contributed by atoms with E-state index in [2.05, 4.69) is 25.0 Å². The zero-order valence-electron chi connectivity index (χ0n) is 14.9. The van der Waals surface area contributed by atoms with Crippen LogP contribution < -0.4 is 10.0 Å². The first-order chi connectivity index (χ1) is 13.4. The van der Waals surface area contributed by atoms with Crippen LogP contribution in [0, 0.1) is 0 Å². The maximum atomic E-state index is 12.4. The summed E-state index contributed by atoms with van der Waals surface area (Å²) in [6, 6.07) is 8.16. The van der Waals surface area contributed by atoms with Gasteiger partial charge in [0.05, 0.1) is 22.7 Å². The van der Waals surface area contributed by atoms with Gasteiger partial charge in [0.25, 0.3) is 5.91 Å². The first-order valence-electron chi connectivity index (χ1n) is 8.40. The normalized spacial score (nSPS) is 11.2. The number of nitrogens with zero attached hydrogens (tertiary/aromatic N) is 2. The smallest absolute Gasteiger partial charge is 0.253 e. The predicted octanol–water partition coefficient (Wildman–Crippen LogP) is 2.82. The number of aromatic nitrogens is 3. The molecule has 10 heteroatoms. The molecule has 2 aromatic heterocycles. The lowest BCUT2D eigenvalue weighted by Gasteiger charge is -2.10. The number of anilines is 1. The Balaban J connectivity index is 1.68. The Bertz CT molecular complexity index is 1080. The van der Waals surface area contributed by atoms with Crippen molar-refractivity contribution in [1.82, 2.24) is 20.3 Å². The van der Waals surface area contributed by atoms with E-state index >= 15 is 0 Å². The van der Waals surface area contributed by atoms with Crippen LogP contribution in [-0.4, -0.2) is 35.0 Å². The number of halogens is 1. The Labute approximate surface area is 167 Å². The van der Waals surface area contributed by atoms with Crippen LogP contribution in [0.5, 0.6) is 0 Å². The number of amides is 1. The molecule has 0 aliphatic carbocycles. The molecule has 0 aliphatic rings. The molecule has 0 aliphatic heterocycles. The van der Waals surface area contributed by atoms with Crippen molar-refractivity contribution < 1.29 is 13.2 Å². The van der Waals surface area contributed by atoms with Gasteiger partial charge in [-0.2, -0.15) is 0 Å². The average Bonchev–Trinajstić information content (AvgIpc) is 3.16. The van der Waals surface area contributed by atoms with Gasteiger partial charge in [0, 0.05) is 30.2 Å².